The number of hydrogen-bond donors (Lipinski definition) is 1. The molecule has 1 saturated heterocycles. The van der Waals surface area contributed by atoms with Crippen molar-refractivity contribution in [2.24, 2.45) is 0 Å². The van der Waals surface area contributed by atoms with Gasteiger partial charge in [-0.15, -0.1) is 0 Å². The van der Waals surface area contributed by atoms with Gasteiger partial charge in [-0.05, 0) is 37.5 Å². The van der Waals surface area contributed by atoms with E-state index < -0.39 is 11.6 Å². The van der Waals surface area contributed by atoms with Crippen molar-refractivity contribution in [2.45, 2.75) is 25.3 Å². The minimum Gasteiger partial charge on any atom is -0.317 e. The molecule has 0 radical (unpaired) electrons. The Bertz CT molecular complexity index is 693. The second kappa shape index (κ2) is 6.73. The minimum atomic E-state index is -0.616. The van der Waals surface area contributed by atoms with Crippen molar-refractivity contribution in [3.05, 3.63) is 59.9 Å². The Balaban J connectivity index is 1.82. The number of likely N-dealkylation sites (tertiary alicyclic amines) is 1. The fourth-order valence-corrected chi connectivity index (χ4v) is 2.90. The number of benzene rings is 1. The van der Waals surface area contributed by atoms with Gasteiger partial charge < -0.3 is 10.2 Å². The van der Waals surface area contributed by atoms with Crippen LogP contribution in [0.4, 0.5) is 19.3 Å². The van der Waals surface area contributed by atoms with Gasteiger partial charge in [0.05, 0.1) is 6.04 Å². The van der Waals surface area contributed by atoms with Crippen molar-refractivity contribution in [1.29, 1.82) is 0 Å². The Morgan fingerprint density at radius 2 is 1.96 bits per heavy atom. The van der Waals surface area contributed by atoms with Crippen LogP contribution >= 0.6 is 0 Å². The van der Waals surface area contributed by atoms with E-state index in [1.807, 2.05) is 0 Å². The summed E-state index contributed by atoms with van der Waals surface area (Å²) in [6.45, 7) is 0.540. The van der Waals surface area contributed by atoms with E-state index >= 15 is 0 Å². The van der Waals surface area contributed by atoms with Crippen LogP contribution in [-0.4, -0.2) is 22.5 Å². The molecule has 120 valence electrons. The molecule has 0 saturated carbocycles. The predicted octanol–water partition coefficient (Wildman–Crippen LogP) is 4.12. The molecule has 2 heterocycles. The third kappa shape index (κ3) is 3.47. The number of pyridine rings is 1. The van der Waals surface area contributed by atoms with Crippen molar-refractivity contribution >= 4 is 11.7 Å². The van der Waals surface area contributed by atoms with Crippen LogP contribution in [0.1, 0.15) is 30.9 Å². The molecule has 1 aliphatic heterocycles. The maximum atomic E-state index is 14.1. The van der Waals surface area contributed by atoms with Crippen LogP contribution in [0.3, 0.4) is 0 Å². The van der Waals surface area contributed by atoms with E-state index in [0.717, 1.165) is 18.9 Å². The molecule has 0 aliphatic carbocycles. The number of amides is 2. The number of nitrogens with one attached hydrogen (secondary N) is 1. The van der Waals surface area contributed by atoms with E-state index in [1.165, 1.54) is 12.1 Å². The molecular weight excluding hydrogens is 300 g/mol. The largest absolute Gasteiger partial charge is 0.322 e. The van der Waals surface area contributed by atoms with Crippen molar-refractivity contribution in [2.75, 3.05) is 11.9 Å². The Morgan fingerprint density at radius 3 is 2.70 bits per heavy atom. The summed E-state index contributed by atoms with van der Waals surface area (Å²) in [6.07, 6.45) is 5.60. The first kappa shape index (κ1) is 15.4. The molecule has 1 aromatic heterocycles. The van der Waals surface area contributed by atoms with E-state index in [9.17, 15) is 13.6 Å². The van der Waals surface area contributed by atoms with Crippen LogP contribution in [0, 0.1) is 11.6 Å². The monoisotopic (exact) mass is 317 g/mol. The smallest absolute Gasteiger partial charge is 0.317 e. The molecule has 1 unspecified atom stereocenters. The van der Waals surface area contributed by atoms with E-state index in [-0.39, 0.29) is 12.1 Å². The molecule has 1 fully saturated rings. The number of nitrogens with zero attached hydrogens (tertiary/aromatic N) is 2. The summed E-state index contributed by atoms with van der Waals surface area (Å²) in [5.41, 5.74) is 0.991. The normalized spacial score (nSPS) is 17.8. The third-order valence-corrected chi connectivity index (χ3v) is 4.02. The zero-order chi connectivity index (χ0) is 16.2. The average molecular weight is 317 g/mol. The van der Waals surface area contributed by atoms with Crippen molar-refractivity contribution < 1.29 is 13.6 Å². The lowest BCUT2D eigenvalue weighted by molar-refractivity contribution is 0.161. The maximum Gasteiger partial charge on any atom is 0.322 e. The summed E-state index contributed by atoms with van der Waals surface area (Å²) < 4.78 is 27.2. The molecule has 2 amide bonds. The summed E-state index contributed by atoms with van der Waals surface area (Å²) in [5, 5.41) is 2.79. The van der Waals surface area contributed by atoms with Crippen molar-refractivity contribution in [3.63, 3.8) is 0 Å². The Hall–Kier alpha value is -2.50. The number of hydrogen-bond acceptors (Lipinski definition) is 2. The molecule has 1 N–H and O–H groups in total. The first-order valence-corrected chi connectivity index (χ1v) is 7.58. The van der Waals surface area contributed by atoms with Crippen LogP contribution in [0.25, 0.3) is 0 Å². The topological polar surface area (TPSA) is 45.2 Å². The van der Waals surface area contributed by atoms with Crippen LogP contribution in [0.2, 0.25) is 0 Å². The number of anilines is 1. The van der Waals surface area contributed by atoms with Crippen LogP contribution in [0.15, 0.2) is 42.7 Å². The molecule has 4 nitrogen and oxygen atoms in total. The van der Waals surface area contributed by atoms with E-state index in [0.29, 0.717) is 24.2 Å². The van der Waals surface area contributed by atoms with E-state index in [2.05, 4.69) is 10.3 Å². The van der Waals surface area contributed by atoms with Gasteiger partial charge in [0.1, 0.15) is 11.6 Å². The quantitative estimate of drug-likeness (QED) is 0.905. The standard InChI is InChI=1S/C17H17F2N3O/c18-12-4-5-14(15(19)11-12)16-3-1-2-10-22(16)17(23)21-13-6-8-20-9-7-13/h4-9,11,16H,1-3,10H2,(H,20,21,23). The maximum absolute atomic E-state index is 14.1. The van der Waals surface area contributed by atoms with Gasteiger partial charge in [0.2, 0.25) is 0 Å². The molecule has 3 rings (SSSR count). The number of piperidine rings is 1. The highest BCUT2D eigenvalue weighted by molar-refractivity contribution is 5.89. The summed E-state index contributed by atoms with van der Waals surface area (Å²) in [4.78, 5) is 18.0. The van der Waals surface area contributed by atoms with Crippen LogP contribution in [-0.2, 0) is 0 Å². The van der Waals surface area contributed by atoms with Crippen LogP contribution < -0.4 is 5.32 Å². The highest BCUT2D eigenvalue weighted by atomic mass is 19.1. The molecule has 6 heteroatoms. The van der Waals surface area contributed by atoms with Gasteiger partial charge in [0, 0.05) is 36.3 Å². The van der Waals surface area contributed by atoms with Crippen molar-refractivity contribution in [3.8, 4) is 0 Å². The predicted molar refractivity (Wildman–Crippen MR) is 82.9 cm³/mol. The van der Waals surface area contributed by atoms with Gasteiger partial charge in [-0.3, -0.25) is 4.98 Å². The fraction of sp³-hybridized carbons (Fsp3) is 0.294. The van der Waals surface area contributed by atoms with Gasteiger partial charge in [-0.2, -0.15) is 0 Å². The Labute approximate surface area is 133 Å². The number of halogens is 2. The third-order valence-electron chi connectivity index (χ3n) is 4.02. The van der Waals surface area contributed by atoms with Crippen LogP contribution in [0.5, 0.6) is 0 Å². The fourth-order valence-electron chi connectivity index (χ4n) is 2.90. The molecule has 23 heavy (non-hydrogen) atoms. The van der Waals surface area contributed by atoms with Gasteiger partial charge in [-0.25, -0.2) is 13.6 Å². The van der Waals surface area contributed by atoms with Gasteiger partial charge >= 0.3 is 6.03 Å². The first-order valence-electron chi connectivity index (χ1n) is 7.58. The lowest BCUT2D eigenvalue weighted by atomic mass is 9.95. The van der Waals surface area contributed by atoms with Gasteiger partial charge in [0.15, 0.2) is 0 Å². The summed E-state index contributed by atoms with van der Waals surface area (Å²) in [5.74, 6) is -1.23. The molecular formula is C17H17F2N3O. The first-order chi connectivity index (χ1) is 11.1. The highest BCUT2D eigenvalue weighted by Crippen LogP contribution is 2.33. The molecule has 0 spiro atoms. The lowest BCUT2D eigenvalue weighted by Gasteiger charge is -2.36. The van der Waals surface area contributed by atoms with Gasteiger partial charge in [0.25, 0.3) is 0 Å². The number of carbonyl (C=O) groups excluding carboxylic acids is 1. The van der Waals surface area contributed by atoms with E-state index in [1.54, 1.807) is 29.4 Å². The molecule has 0 bridgehead atoms. The van der Waals surface area contributed by atoms with Gasteiger partial charge in [-0.1, -0.05) is 6.07 Å². The molecule has 1 aliphatic rings. The SMILES string of the molecule is O=C(Nc1ccncc1)N1CCCCC1c1ccc(F)cc1F. The average Bonchev–Trinajstić information content (AvgIpc) is 2.56. The number of urea groups is 1. The molecule has 1 atom stereocenters. The number of carbonyl (C=O) groups is 1. The highest BCUT2D eigenvalue weighted by Gasteiger charge is 2.30. The zero-order valence-electron chi connectivity index (χ0n) is 12.5. The molecule has 2 aromatic rings. The number of aromatic nitrogens is 1. The summed E-state index contributed by atoms with van der Waals surface area (Å²) >= 11 is 0. The van der Waals surface area contributed by atoms with E-state index in [4.69, 9.17) is 0 Å². The summed E-state index contributed by atoms with van der Waals surface area (Å²) in [6, 6.07) is 6.23. The zero-order valence-corrected chi connectivity index (χ0v) is 12.5. The number of rotatable bonds is 2. The van der Waals surface area contributed by atoms with Crippen molar-refractivity contribution in [1.82, 2.24) is 9.88 Å². The second-order valence-electron chi connectivity index (χ2n) is 5.54. The second-order valence-corrected chi connectivity index (χ2v) is 5.54. The summed E-state index contributed by atoms with van der Waals surface area (Å²) in [7, 11) is 0. The lowest BCUT2D eigenvalue weighted by Crippen LogP contribution is -2.41. The Morgan fingerprint density at radius 1 is 1.17 bits per heavy atom. The molecule has 1 aromatic carbocycles. The Kier molecular flexibility index (Phi) is 4.50. The minimum absolute atomic E-state index is 0.287.